The lowest BCUT2D eigenvalue weighted by atomic mass is 9.95. The molecule has 3 heterocycles. The Balaban J connectivity index is 1.15. The molecule has 3 aromatic heterocycles. The Morgan fingerprint density at radius 1 is 0.298 bits per heavy atom. The lowest BCUT2D eigenvalue weighted by molar-refractivity contribution is 1.18. The molecule has 57 heavy (non-hydrogen) atoms. The number of fused-ring (bicyclic) bond motifs is 9. The zero-order chi connectivity index (χ0) is 37.5. The van der Waals surface area contributed by atoms with Crippen LogP contribution in [0, 0.1) is 0 Å². The van der Waals surface area contributed by atoms with E-state index in [1.54, 1.807) is 0 Å². The standard InChI is InChI=1S/C54H34N2S/c1-3-16-35(17-4-1)36-18-13-19-37(32-36)45-33-39(34-46-40-22-9-12-31-51(40)57-54(45)46)56-48-28-11-8-24-44(48)53-42(26-15-30-50(53)56)41-25-14-29-49-52(41)43-23-7-10-27-47(43)55(49)38-20-5-2-6-21-38/h1-34H. The molecule has 0 amide bonds. The number of benzene rings is 9. The van der Waals surface area contributed by atoms with Crippen molar-refractivity contribution in [1.29, 1.82) is 0 Å². The highest BCUT2D eigenvalue weighted by molar-refractivity contribution is 7.26. The van der Waals surface area contributed by atoms with Crippen molar-refractivity contribution in [3.8, 4) is 44.8 Å². The van der Waals surface area contributed by atoms with Crippen LogP contribution in [-0.2, 0) is 0 Å². The van der Waals surface area contributed by atoms with E-state index < -0.39 is 0 Å². The average molecular weight is 743 g/mol. The van der Waals surface area contributed by atoms with Crippen molar-refractivity contribution in [3.63, 3.8) is 0 Å². The molecule has 0 spiro atoms. The summed E-state index contributed by atoms with van der Waals surface area (Å²) in [6, 6.07) is 75.6. The van der Waals surface area contributed by atoms with Gasteiger partial charge in [0.2, 0.25) is 0 Å². The molecule has 9 aromatic carbocycles. The summed E-state index contributed by atoms with van der Waals surface area (Å²) in [5.74, 6) is 0. The molecule has 0 atom stereocenters. The van der Waals surface area contributed by atoms with Gasteiger partial charge in [0.1, 0.15) is 0 Å². The molecule has 2 nitrogen and oxygen atoms in total. The van der Waals surface area contributed by atoms with Crippen molar-refractivity contribution in [2.45, 2.75) is 0 Å². The van der Waals surface area contributed by atoms with Crippen LogP contribution >= 0.6 is 11.3 Å². The van der Waals surface area contributed by atoms with E-state index >= 15 is 0 Å². The maximum atomic E-state index is 2.50. The van der Waals surface area contributed by atoms with Crippen LogP contribution in [0.2, 0.25) is 0 Å². The van der Waals surface area contributed by atoms with Crippen LogP contribution in [0.1, 0.15) is 0 Å². The highest BCUT2D eigenvalue weighted by Crippen LogP contribution is 2.46. The van der Waals surface area contributed by atoms with Crippen molar-refractivity contribution < 1.29 is 0 Å². The Labute approximate surface area is 333 Å². The van der Waals surface area contributed by atoms with Crippen molar-refractivity contribution in [3.05, 3.63) is 206 Å². The van der Waals surface area contributed by atoms with Gasteiger partial charge in [0.05, 0.1) is 22.1 Å². The van der Waals surface area contributed by atoms with Crippen LogP contribution in [0.4, 0.5) is 0 Å². The summed E-state index contributed by atoms with van der Waals surface area (Å²) in [5, 5.41) is 7.62. The number of thiophene rings is 1. The maximum absolute atomic E-state index is 2.50. The molecule has 0 saturated carbocycles. The average Bonchev–Trinajstić information content (AvgIpc) is 3.95. The monoisotopic (exact) mass is 742 g/mol. The molecule has 0 saturated heterocycles. The first kappa shape index (κ1) is 32.1. The third-order valence-corrected chi connectivity index (χ3v) is 12.9. The molecule has 3 heteroatoms. The minimum atomic E-state index is 1.16. The molecular formula is C54H34N2S. The largest absolute Gasteiger partial charge is 0.309 e. The van der Waals surface area contributed by atoms with E-state index in [9.17, 15) is 0 Å². The molecule has 0 unspecified atom stereocenters. The summed E-state index contributed by atoms with van der Waals surface area (Å²) in [6.07, 6.45) is 0. The van der Waals surface area contributed by atoms with E-state index in [2.05, 4.69) is 215 Å². The fourth-order valence-electron chi connectivity index (χ4n) is 9.27. The topological polar surface area (TPSA) is 9.86 Å². The fourth-order valence-corrected chi connectivity index (χ4v) is 10.5. The van der Waals surface area contributed by atoms with E-state index in [0.29, 0.717) is 0 Å². The van der Waals surface area contributed by atoms with Gasteiger partial charge in [0.15, 0.2) is 0 Å². The van der Waals surface area contributed by atoms with Crippen molar-refractivity contribution in [2.75, 3.05) is 0 Å². The van der Waals surface area contributed by atoms with Gasteiger partial charge in [0.25, 0.3) is 0 Å². The predicted molar refractivity (Wildman–Crippen MR) is 244 cm³/mol. The molecule has 12 aromatic rings. The molecule has 0 N–H and O–H groups in total. The van der Waals surface area contributed by atoms with Gasteiger partial charge in [-0.05, 0) is 88.5 Å². The van der Waals surface area contributed by atoms with Crippen LogP contribution in [0.3, 0.4) is 0 Å². The van der Waals surface area contributed by atoms with Crippen LogP contribution < -0.4 is 0 Å². The maximum Gasteiger partial charge on any atom is 0.0547 e. The van der Waals surface area contributed by atoms with Crippen LogP contribution in [-0.4, -0.2) is 9.13 Å². The van der Waals surface area contributed by atoms with E-state index in [1.165, 1.54) is 97.2 Å². The van der Waals surface area contributed by atoms with Gasteiger partial charge < -0.3 is 9.13 Å². The van der Waals surface area contributed by atoms with Gasteiger partial charge in [-0.25, -0.2) is 0 Å². The van der Waals surface area contributed by atoms with Crippen LogP contribution in [0.15, 0.2) is 206 Å². The third-order valence-electron chi connectivity index (χ3n) is 11.7. The second-order valence-electron chi connectivity index (χ2n) is 14.9. The molecule has 0 radical (unpaired) electrons. The van der Waals surface area contributed by atoms with E-state index in [-0.39, 0.29) is 0 Å². The number of hydrogen-bond donors (Lipinski definition) is 0. The second-order valence-corrected chi connectivity index (χ2v) is 15.9. The molecule has 0 fully saturated rings. The molecule has 0 aliphatic rings. The molecule has 266 valence electrons. The van der Waals surface area contributed by atoms with Gasteiger partial charge in [-0.2, -0.15) is 0 Å². The number of aromatic nitrogens is 2. The van der Waals surface area contributed by atoms with Gasteiger partial charge in [-0.3, -0.25) is 0 Å². The zero-order valence-electron chi connectivity index (χ0n) is 30.9. The number of hydrogen-bond acceptors (Lipinski definition) is 1. The Hall–Kier alpha value is -7.20. The SMILES string of the molecule is c1ccc(-c2cccc(-c3cc(-n4c5ccccc5c5c(-c6cccc7c6c6ccccc6n7-c6ccccc6)cccc54)cc4c3sc3ccccc34)c2)cc1. The van der Waals surface area contributed by atoms with E-state index in [4.69, 9.17) is 0 Å². The molecule has 0 aliphatic heterocycles. The fraction of sp³-hybridized carbons (Fsp3) is 0. The summed E-state index contributed by atoms with van der Waals surface area (Å²) >= 11 is 1.89. The first-order valence-corrected chi connectivity index (χ1v) is 20.3. The van der Waals surface area contributed by atoms with E-state index in [0.717, 1.165) is 11.4 Å². The Morgan fingerprint density at radius 3 is 1.49 bits per heavy atom. The first-order valence-electron chi connectivity index (χ1n) is 19.5. The minimum Gasteiger partial charge on any atom is -0.309 e. The number of nitrogens with zero attached hydrogens (tertiary/aromatic N) is 2. The van der Waals surface area contributed by atoms with Gasteiger partial charge >= 0.3 is 0 Å². The van der Waals surface area contributed by atoms with Gasteiger partial charge in [-0.15, -0.1) is 11.3 Å². The lowest BCUT2D eigenvalue weighted by Crippen LogP contribution is -1.95. The summed E-state index contributed by atoms with van der Waals surface area (Å²) in [7, 11) is 0. The smallest absolute Gasteiger partial charge is 0.0547 e. The highest BCUT2D eigenvalue weighted by atomic mass is 32.1. The minimum absolute atomic E-state index is 1.16. The van der Waals surface area contributed by atoms with Crippen molar-refractivity contribution in [1.82, 2.24) is 9.13 Å². The summed E-state index contributed by atoms with van der Waals surface area (Å²) in [6.45, 7) is 0. The summed E-state index contributed by atoms with van der Waals surface area (Å²) in [4.78, 5) is 0. The van der Waals surface area contributed by atoms with Gasteiger partial charge in [0, 0.05) is 58.7 Å². The number of rotatable bonds is 5. The number of para-hydroxylation sites is 3. The molecule has 12 rings (SSSR count). The highest BCUT2D eigenvalue weighted by Gasteiger charge is 2.22. The van der Waals surface area contributed by atoms with Gasteiger partial charge in [-0.1, -0.05) is 146 Å². The zero-order valence-corrected chi connectivity index (χ0v) is 31.7. The quantitative estimate of drug-likeness (QED) is 0.166. The third kappa shape index (κ3) is 4.89. The van der Waals surface area contributed by atoms with Crippen molar-refractivity contribution in [2.24, 2.45) is 0 Å². The van der Waals surface area contributed by atoms with E-state index in [1.807, 2.05) is 11.3 Å². The first-order chi connectivity index (χ1) is 28.3. The molecular weight excluding hydrogens is 709 g/mol. The second kappa shape index (κ2) is 12.7. The molecule has 0 aliphatic carbocycles. The van der Waals surface area contributed by atoms with Crippen LogP contribution in [0.25, 0.3) is 109 Å². The summed E-state index contributed by atoms with van der Waals surface area (Å²) in [5.41, 5.74) is 14.5. The van der Waals surface area contributed by atoms with Crippen molar-refractivity contribution >= 4 is 75.1 Å². The summed E-state index contributed by atoms with van der Waals surface area (Å²) < 4.78 is 7.52. The normalized spacial score (nSPS) is 11.9. The Morgan fingerprint density at radius 2 is 0.807 bits per heavy atom. The van der Waals surface area contributed by atoms with Crippen LogP contribution in [0.5, 0.6) is 0 Å². The Kier molecular flexibility index (Phi) is 7.13. The predicted octanol–water partition coefficient (Wildman–Crippen LogP) is 15.2. The Bertz CT molecular complexity index is 3510. The molecule has 0 bridgehead atoms. The lowest BCUT2D eigenvalue weighted by Gasteiger charge is -2.14.